The molecular formula is C8H10N2O3. The summed E-state index contributed by atoms with van der Waals surface area (Å²) >= 11 is 0. The second-order valence-electron chi connectivity index (χ2n) is 2.37. The molecule has 0 fully saturated rings. The van der Waals surface area contributed by atoms with E-state index in [1.807, 2.05) is 0 Å². The topological polar surface area (TPSA) is 71.5 Å². The summed E-state index contributed by atoms with van der Waals surface area (Å²) in [6.07, 6.45) is 2.80. The van der Waals surface area contributed by atoms with Crippen molar-refractivity contribution < 1.29 is 14.6 Å². The Kier molecular flexibility index (Phi) is 3.22. The Hall–Kier alpha value is -1.62. The Bertz CT molecular complexity index is 301. The van der Waals surface area contributed by atoms with E-state index in [1.54, 1.807) is 0 Å². The molecule has 5 heteroatoms. The van der Waals surface area contributed by atoms with Crippen molar-refractivity contribution in [1.29, 1.82) is 0 Å². The predicted molar refractivity (Wildman–Crippen MR) is 46.4 cm³/mol. The van der Waals surface area contributed by atoms with Gasteiger partial charge in [-0.3, -0.25) is 9.78 Å². The highest BCUT2D eigenvalue weighted by Crippen LogP contribution is 2.19. The number of nitrogens with zero attached hydrogens (tertiary/aromatic N) is 1. The maximum absolute atomic E-state index is 11.0. The number of rotatable bonds is 3. The molecule has 0 spiro atoms. The van der Waals surface area contributed by atoms with E-state index in [0.717, 1.165) is 0 Å². The van der Waals surface area contributed by atoms with Crippen LogP contribution in [0.15, 0.2) is 18.5 Å². The summed E-state index contributed by atoms with van der Waals surface area (Å²) in [6, 6.07) is 1.39. The third-order valence-electron chi connectivity index (χ3n) is 1.35. The van der Waals surface area contributed by atoms with E-state index in [-0.39, 0.29) is 24.0 Å². The minimum Gasteiger partial charge on any atom is -0.506 e. The molecule has 0 saturated heterocycles. The minimum atomic E-state index is -0.328. The van der Waals surface area contributed by atoms with Crippen molar-refractivity contribution in [1.82, 2.24) is 4.98 Å². The number of nitrogens with one attached hydrogen (secondary N) is 1. The number of carbonyl (C=O) groups is 1. The smallest absolute Gasteiger partial charge is 0.250 e. The Labute approximate surface area is 75.4 Å². The van der Waals surface area contributed by atoms with Crippen LogP contribution in [0.1, 0.15) is 0 Å². The van der Waals surface area contributed by atoms with E-state index < -0.39 is 0 Å². The average Bonchev–Trinajstić information content (AvgIpc) is 2.09. The van der Waals surface area contributed by atoms with E-state index in [4.69, 9.17) is 0 Å². The molecule has 0 bridgehead atoms. The van der Waals surface area contributed by atoms with Crippen molar-refractivity contribution in [3.05, 3.63) is 18.5 Å². The summed E-state index contributed by atoms with van der Waals surface area (Å²) in [5.41, 5.74) is 0.282. The highest BCUT2D eigenvalue weighted by Gasteiger charge is 2.04. The molecule has 0 unspecified atom stereocenters. The van der Waals surface area contributed by atoms with Gasteiger partial charge < -0.3 is 15.2 Å². The quantitative estimate of drug-likeness (QED) is 0.708. The molecular weight excluding hydrogens is 172 g/mol. The van der Waals surface area contributed by atoms with Gasteiger partial charge in [-0.15, -0.1) is 0 Å². The van der Waals surface area contributed by atoms with Crippen LogP contribution in [0.3, 0.4) is 0 Å². The van der Waals surface area contributed by atoms with E-state index in [2.05, 4.69) is 15.0 Å². The molecule has 2 N–H and O–H groups in total. The molecule has 5 nitrogen and oxygen atoms in total. The van der Waals surface area contributed by atoms with Gasteiger partial charge in [0.15, 0.2) is 0 Å². The zero-order valence-corrected chi connectivity index (χ0v) is 7.15. The lowest BCUT2D eigenvalue weighted by Crippen LogP contribution is -2.17. The highest BCUT2D eigenvalue weighted by molar-refractivity contribution is 5.92. The largest absolute Gasteiger partial charge is 0.506 e. The van der Waals surface area contributed by atoms with Crippen LogP contribution in [-0.2, 0) is 9.53 Å². The summed E-state index contributed by atoms with van der Waals surface area (Å²) < 4.78 is 4.60. The van der Waals surface area contributed by atoms with Gasteiger partial charge in [-0.05, 0) is 0 Å². The summed E-state index contributed by atoms with van der Waals surface area (Å²) in [5, 5.41) is 11.7. The van der Waals surface area contributed by atoms with Gasteiger partial charge in [0.25, 0.3) is 0 Å². The van der Waals surface area contributed by atoms with Crippen molar-refractivity contribution in [3.8, 4) is 5.75 Å². The van der Waals surface area contributed by atoms with E-state index in [0.29, 0.717) is 0 Å². The molecule has 13 heavy (non-hydrogen) atoms. The van der Waals surface area contributed by atoms with Gasteiger partial charge in [0.05, 0.1) is 6.20 Å². The number of pyridine rings is 1. The first kappa shape index (κ1) is 9.47. The highest BCUT2D eigenvalue weighted by atomic mass is 16.5. The first-order valence-electron chi connectivity index (χ1n) is 3.66. The fraction of sp³-hybridized carbons (Fsp3) is 0.250. The fourth-order valence-corrected chi connectivity index (χ4v) is 0.801. The number of carbonyl (C=O) groups excluding carboxylic acids is 1. The van der Waals surface area contributed by atoms with Crippen LogP contribution in [0.2, 0.25) is 0 Å². The molecule has 0 saturated carbocycles. The summed E-state index contributed by atoms with van der Waals surface area (Å²) in [7, 11) is 1.42. The molecule has 0 aliphatic carbocycles. The molecule has 0 aliphatic heterocycles. The van der Waals surface area contributed by atoms with Crippen LogP contribution in [0.5, 0.6) is 5.75 Å². The molecule has 0 atom stereocenters. The van der Waals surface area contributed by atoms with Crippen LogP contribution in [0, 0.1) is 0 Å². The molecule has 1 amide bonds. The molecule has 1 aromatic heterocycles. The van der Waals surface area contributed by atoms with Crippen molar-refractivity contribution in [2.45, 2.75) is 0 Å². The first-order valence-corrected chi connectivity index (χ1v) is 3.66. The van der Waals surface area contributed by atoms with E-state index in [9.17, 15) is 9.90 Å². The molecule has 0 radical (unpaired) electrons. The summed E-state index contributed by atoms with van der Waals surface area (Å²) in [4.78, 5) is 14.7. The van der Waals surface area contributed by atoms with Gasteiger partial charge in [-0.1, -0.05) is 0 Å². The van der Waals surface area contributed by atoms with Crippen molar-refractivity contribution in [2.75, 3.05) is 19.0 Å². The third-order valence-corrected chi connectivity index (χ3v) is 1.35. The minimum absolute atomic E-state index is 0.0144. The lowest BCUT2D eigenvalue weighted by Gasteiger charge is -2.04. The monoisotopic (exact) mass is 182 g/mol. The van der Waals surface area contributed by atoms with Gasteiger partial charge in [0.1, 0.15) is 18.0 Å². The normalized spacial score (nSPS) is 9.62. The van der Waals surface area contributed by atoms with Gasteiger partial charge in [-0.25, -0.2) is 0 Å². The van der Waals surface area contributed by atoms with Crippen LogP contribution in [0.4, 0.5) is 5.69 Å². The Balaban J connectivity index is 2.63. The zero-order valence-electron chi connectivity index (χ0n) is 7.15. The lowest BCUT2D eigenvalue weighted by molar-refractivity contribution is -0.119. The summed E-state index contributed by atoms with van der Waals surface area (Å²) in [5.74, 6) is -0.342. The molecule has 0 aromatic carbocycles. The van der Waals surface area contributed by atoms with E-state index >= 15 is 0 Å². The SMILES string of the molecule is COCC(=O)Nc1cnccc1O. The molecule has 70 valence electrons. The fourth-order valence-electron chi connectivity index (χ4n) is 0.801. The van der Waals surface area contributed by atoms with E-state index in [1.165, 1.54) is 25.6 Å². The lowest BCUT2D eigenvalue weighted by atomic mass is 10.4. The summed E-state index contributed by atoms with van der Waals surface area (Å²) in [6.45, 7) is -0.0473. The Morgan fingerprint density at radius 2 is 2.54 bits per heavy atom. The van der Waals surface area contributed by atoms with Gasteiger partial charge >= 0.3 is 0 Å². The van der Waals surface area contributed by atoms with Crippen LogP contribution in [0.25, 0.3) is 0 Å². The predicted octanol–water partition coefficient (Wildman–Crippen LogP) is 0.372. The number of hydrogen-bond acceptors (Lipinski definition) is 4. The Morgan fingerprint density at radius 3 is 3.15 bits per heavy atom. The standard InChI is InChI=1S/C8H10N2O3/c1-13-5-8(12)10-6-4-9-3-2-7(6)11/h2-4H,5H2,1H3,(H,9,11)(H,10,12). The number of amides is 1. The average molecular weight is 182 g/mol. The first-order chi connectivity index (χ1) is 6.24. The second-order valence-corrected chi connectivity index (χ2v) is 2.37. The van der Waals surface area contributed by atoms with Crippen molar-refractivity contribution in [2.24, 2.45) is 0 Å². The maximum Gasteiger partial charge on any atom is 0.250 e. The van der Waals surface area contributed by atoms with Gasteiger partial charge in [0, 0.05) is 19.4 Å². The number of ether oxygens (including phenoxy) is 1. The Morgan fingerprint density at radius 1 is 1.77 bits per heavy atom. The molecule has 1 rings (SSSR count). The number of methoxy groups -OCH3 is 1. The second kappa shape index (κ2) is 4.42. The zero-order chi connectivity index (χ0) is 9.68. The van der Waals surface area contributed by atoms with Crippen LogP contribution < -0.4 is 5.32 Å². The molecule has 0 aliphatic rings. The number of anilines is 1. The van der Waals surface area contributed by atoms with Crippen molar-refractivity contribution >= 4 is 11.6 Å². The van der Waals surface area contributed by atoms with Gasteiger partial charge in [-0.2, -0.15) is 0 Å². The number of hydrogen-bond donors (Lipinski definition) is 2. The maximum atomic E-state index is 11.0. The molecule has 1 heterocycles. The number of aromatic hydroxyl groups is 1. The van der Waals surface area contributed by atoms with Crippen molar-refractivity contribution in [3.63, 3.8) is 0 Å². The van der Waals surface area contributed by atoms with Crippen LogP contribution >= 0.6 is 0 Å². The van der Waals surface area contributed by atoms with Crippen LogP contribution in [-0.4, -0.2) is 29.7 Å². The van der Waals surface area contributed by atoms with Gasteiger partial charge in [0.2, 0.25) is 5.91 Å². The third kappa shape index (κ3) is 2.72. The number of aromatic nitrogens is 1. The molecule has 1 aromatic rings.